The number of benzene rings is 1. The Morgan fingerprint density at radius 2 is 2.12 bits per heavy atom. The van der Waals surface area contributed by atoms with Gasteiger partial charge in [0.05, 0.1) is 11.9 Å². The summed E-state index contributed by atoms with van der Waals surface area (Å²) in [7, 11) is -3.34. The molecule has 1 N–H and O–H groups in total. The summed E-state index contributed by atoms with van der Waals surface area (Å²) in [6.45, 7) is 5.74. The van der Waals surface area contributed by atoms with Gasteiger partial charge in [-0.15, -0.1) is 0 Å². The van der Waals surface area contributed by atoms with Crippen molar-refractivity contribution in [2.24, 2.45) is 0 Å². The van der Waals surface area contributed by atoms with Crippen molar-refractivity contribution in [2.45, 2.75) is 50.3 Å². The topological polar surface area (TPSA) is 85.4 Å². The zero-order chi connectivity index (χ0) is 19.2. The van der Waals surface area contributed by atoms with Crippen LogP contribution < -0.4 is 10.1 Å². The van der Waals surface area contributed by atoms with Gasteiger partial charge < -0.3 is 4.74 Å². The number of thiazole rings is 1. The highest BCUT2D eigenvalue weighted by atomic mass is 32.2. The molecule has 2 rings (SSSR count). The van der Waals surface area contributed by atoms with Crippen LogP contribution in [0.25, 0.3) is 0 Å². The van der Waals surface area contributed by atoms with Gasteiger partial charge in [-0.25, -0.2) is 13.4 Å². The van der Waals surface area contributed by atoms with Gasteiger partial charge in [0.25, 0.3) is 5.91 Å². The fraction of sp³-hybridized carbons (Fsp3) is 0.444. The number of sulfone groups is 1. The van der Waals surface area contributed by atoms with E-state index in [9.17, 15) is 13.2 Å². The minimum absolute atomic E-state index is 0.0904. The molecular formula is C18H24N2O4S2. The molecule has 0 radical (unpaired) electrons. The van der Waals surface area contributed by atoms with E-state index in [0.717, 1.165) is 23.3 Å². The molecule has 0 saturated heterocycles. The van der Waals surface area contributed by atoms with Crippen molar-refractivity contribution in [3.63, 3.8) is 0 Å². The largest absolute Gasteiger partial charge is 0.481 e. The summed E-state index contributed by atoms with van der Waals surface area (Å²) in [4.78, 5) is 16.5. The van der Waals surface area contributed by atoms with Crippen LogP contribution in [0, 0.1) is 6.92 Å². The van der Waals surface area contributed by atoms with Crippen LogP contribution >= 0.6 is 11.3 Å². The number of amides is 1. The summed E-state index contributed by atoms with van der Waals surface area (Å²) in [5.74, 6) is 0.363. The number of carbonyl (C=O) groups excluding carboxylic acids is 1. The molecule has 0 bridgehead atoms. The third-order valence-corrected chi connectivity index (χ3v) is 6.98. The van der Waals surface area contributed by atoms with Gasteiger partial charge in [0, 0.05) is 0 Å². The van der Waals surface area contributed by atoms with E-state index in [1.165, 1.54) is 6.20 Å². The Hall–Kier alpha value is -1.93. The van der Waals surface area contributed by atoms with Crippen LogP contribution in [0.1, 0.15) is 38.7 Å². The molecule has 2 aromatic rings. The number of hydrogen-bond donors (Lipinski definition) is 1. The smallest absolute Gasteiger partial charge is 0.267 e. The van der Waals surface area contributed by atoms with E-state index in [4.69, 9.17) is 4.74 Å². The Morgan fingerprint density at radius 3 is 2.77 bits per heavy atom. The highest BCUT2D eigenvalue weighted by Crippen LogP contribution is 2.25. The highest BCUT2D eigenvalue weighted by Gasteiger charge is 2.22. The zero-order valence-corrected chi connectivity index (χ0v) is 16.8. The van der Waals surface area contributed by atoms with Gasteiger partial charge in [-0.3, -0.25) is 10.1 Å². The second-order valence-corrected chi connectivity index (χ2v) is 9.34. The van der Waals surface area contributed by atoms with Crippen molar-refractivity contribution in [3.05, 3.63) is 36.0 Å². The molecule has 0 aliphatic rings. The molecule has 1 unspecified atom stereocenters. The van der Waals surface area contributed by atoms with E-state index in [1.54, 1.807) is 6.07 Å². The van der Waals surface area contributed by atoms with E-state index in [1.807, 2.05) is 39.0 Å². The quantitative estimate of drug-likeness (QED) is 0.696. The number of carbonyl (C=O) groups is 1. The van der Waals surface area contributed by atoms with Crippen molar-refractivity contribution in [1.82, 2.24) is 4.98 Å². The minimum atomic E-state index is -3.34. The number of aryl methyl sites for hydroxylation is 1. The second kappa shape index (κ2) is 9.14. The average molecular weight is 397 g/mol. The lowest BCUT2D eigenvalue weighted by atomic mass is 10.2. The molecule has 0 saturated carbocycles. The maximum atomic E-state index is 12.4. The van der Waals surface area contributed by atoms with Crippen LogP contribution in [0.15, 0.2) is 34.7 Å². The number of unbranched alkanes of at least 4 members (excludes halogenated alkanes) is 1. The number of rotatable bonds is 9. The standard InChI is InChI=1S/C18H24N2O4S2/c1-4-6-10-26(22,23)16-12-19-18(25-16)20-17(21)15(5-2)24-14-9-7-8-13(3)11-14/h7-9,11-12,15H,4-6,10H2,1-3H3,(H,19,20,21). The molecule has 0 aliphatic heterocycles. The number of anilines is 1. The monoisotopic (exact) mass is 396 g/mol. The van der Waals surface area contributed by atoms with E-state index >= 15 is 0 Å². The fourth-order valence-corrected chi connectivity index (χ4v) is 4.89. The van der Waals surface area contributed by atoms with E-state index in [0.29, 0.717) is 18.6 Å². The fourth-order valence-electron chi connectivity index (χ4n) is 2.26. The molecule has 26 heavy (non-hydrogen) atoms. The third kappa shape index (κ3) is 5.54. The summed E-state index contributed by atoms with van der Waals surface area (Å²) >= 11 is 0.969. The SMILES string of the molecule is CCCCS(=O)(=O)c1cnc(NC(=O)C(CC)Oc2cccc(C)c2)s1. The Morgan fingerprint density at radius 1 is 1.35 bits per heavy atom. The van der Waals surface area contributed by atoms with E-state index < -0.39 is 15.9 Å². The Labute approximate surface area is 158 Å². The van der Waals surface area contributed by atoms with Crippen molar-refractivity contribution < 1.29 is 17.9 Å². The first-order valence-electron chi connectivity index (χ1n) is 8.58. The zero-order valence-electron chi connectivity index (χ0n) is 15.2. The van der Waals surface area contributed by atoms with Crippen LogP contribution in [0.4, 0.5) is 5.13 Å². The van der Waals surface area contributed by atoms with Crippen LogP contribution in [0.5, 0.6) is 5.75 Å². The molecule has 0 aliphatic carbocycles. The van der Waals surface area contributed by atoms with Crippen LogP contribution in [0.3, 0.4) is 0 Å². The first kappa shape index (κ1) is 20.4. The van der Waals surface area contributed by atoms with Crippen molar-refractivity contribution >= 4 is 32.2 Å². The van der Waals surface area contributed by atoms with Gasteiger partial charge in [-0.2, -0.15) is 0 Å². The van der Waals surface area contributed by atoms with Gasteiger partial charge in [0.2, 0.25) is 0 Å². The summed E-state index contributed by atoms with van der Waals surface area (Å²) < 4.78 is 30.3. The van der Waals surface area contributed by atoms with Gasteiger partial charge in [0.1, 0.15) is 9.96 Å². The number of nitrogens with zero attached hydrogens (tertiary/aromatic N) is 1. The molecule has 1 aromatic carbocycles. The molecule has 0 spiro atoms. The molecule has 1 atom stereocenters. The highest BCUT2D eigenvalue weighted by molar-refractivity contribution is 7.93. The normalized spacial score (nSPS) is 12.6. The van der Waals surface area contributed by atoms with Gasteiger partial charge >= 0.3 is 0 Å². The number of aromatic nitrogens is 1. The van der Waals surface area contributed by atoms with Crippen LogP contribution in [0.2, 0.25) is 0 Å². The van der Waals surface area contributed by atoms with Crippen molar-refractivity contribution in [1.29, 1.82) is 0 Å². The lowest BCUT2D eigenvalue weighted by Crippen LogP contribution is -2.32. The summed E-state index contributed by atoms with van der Waals surface area (Å²) in [5.41, 5.74) is 1.04. The van der Waals surface area contributed by atoms with Crippen molar-refractivity contribution in [2.75, 3.05) is 11.1 Å². The minimum Gasteiger partial charge on any atom is -0.481 e. The molecular weight excluding hydrogens is 372 g/mol. The maximum absolute atomic E-state index is 12.4. The maximum Gasteiger partial charge on any atom is 0.267 e. The Balaban J connectivity index is 2.04. The summed E-state index contributed by atoms with van der Waals surface area (Å²) in [6, 6.07) is 7.47. The molecule has 6 nitrogen and oxygen atoms in total. The summed E-state index contributed by atoms with van der Waals surface area (Å²) in [5, 5.41) is 2.92. The molecule has 1 amide bonds. The number of nitrogens with one attached hydrogen (secondary N) is 1. The first-order valence-corrected chi connectivity index (χ1v) is 11.1. The predicted octanol–water partition coefficient (Wildman–Crippen LogP) is 3.82. The first-order chi connectivity index (χ1) is 12.4. The molecule has 1 heterocycles. The van der Waals surface area contributed by atoms with Crippen LogP contribution in [-0.4, -0.2) is 31.2 Å². The average Bonchev–Trinajstić information content (AvgIpc) is 3.07. The second-order valence-electron chi connectivity index (χ2n) is 5.98. The van der Waals surface area contributed by atoms with Crippen LogP contribution in [-0.2, 0) is 14.6 Å². The van der Waals surface area contributed by atoms with E-state index in [2.05, 4.69) is 10.3 Å². The van der Waals surface area contributed by atoms with Crippen molar-refractivity contribution in [3.8, 4) is 5.75 Å². The molecule has 1 aromatic heterocycles. The third-order valence-electron chi connectivity index (χ3n) is 3.72. The van der Waals surface area contributed by atoms with Gasteiger partial charge in [-0.05, 0) is 37.5 Å². The number of hydrogen-bond acceptors (Lipinski definition) is 6. The number of ether oxygens (including phenoxy) is 1. The van der Waals surface area contributed by atoms with E-state index in [-0.39, 0.29) is 21.0 Å². The lowest BCUT2D eigenvalue weighted by Gasteiger charge is -2.16. The summed E-state index contributed by atoms with van der Waals surface area (Å²) in [6.07, 6.45) is 2.50. The molecule has 142 valence electrons. The Kier molecular flexibility index (Phi) is 7.16. The molecule has 8 heteroatoms. The van der Waals surface area contributed by atoms with Gasteiger partial charge in [0.15, 0.2) is 21.1 Å². The lowest BCUT2D eigenvalue weighted by molar-refractivity contribution is -0.122. The Bertz CT molecular complexity index is 846. The predicted molar refractivity (Wildman–Crippen MR) is 104 cm³/mol. The van der Waals surface area contributed by atoms with Gasteiger partial charge in [-0.1, -0.05) is 43.7 Å². The molecule has 0 fully saturated rings.